The molecule has 2 aliphatic rings. The zero-order chi connectivity index (χ0) is 17.9. The predicted octanol–water partition coefficient (Wildman–Crippen LogP) is 3.44. The van der Waals surface area contributed by atoms with Crippen LogP contribution in [0, 0.1) is 5.92 Å². The van der Waals surface area contributed by atoms with Crippen LogP contribution in [0.4, 0.5) is 0 Å². The topological polar surface area (TPSA) is 66.8 Å². The lowest BCUT2D eigenvalue weighted by Crippen LogP contribution is -2.41. The maximum Gasteiger partial charge on any atom is 0.334 e. The van der Waals surface area contributed by atoms with Gasteiger partial charge in [-0.1, -0.05) is 29.9 Å². The Hall–Kier alpha value is -1.39. The molecule has 2 N–H and O–H groups in total. The van der Waals surface area contributed by atoms with Gasteiger partial charge >= 0.3 is 5.97 Å². The Labute approximate surface area is 144 Å². The van der Waals surface area contributed by atoms with Gasteiger partial charge in [0.25, 0.3) is 0 Å². The quantitative estimate of drug-likeness (QED) is 0.404. The molecule has 0 aromatic heterocycles. The van der Waals surface area contributed by atoms with Crippen molar-refractivity contribution in [1.82, 2.24) is 0 Å². The third-order valence-electron chi connectivity index (χ3n) is 5.31. The Morgan fingerprint density at radius 2 is 1.92 bits per heavy atom. The normalized spacial score (nSPS) is 40.6. The van der Waals surface area contributed by atoms with Gasteiger partial charge in [0.15, 0.2) is 0 Å². The molecule has 134 valence electrons. The van der Waals surface area contributed by atoms with E-state index in [-0.39, 0.29) is 24.4 Å². The highest BCUT2D eigenvalue weighted by Crippen LogP contribution is 2.36. The molecule has 2 rings (SSSR count). The number of fused-ring (bicyclic) bond motifs is 1. The van der Waals surface area contributed by atoms with Crippen LogP contribution in [-0.4, -0.2) is 34.0 Å². The molecule has 0 amide bonds. The highest BCUT2D eigenvalue weighted by atomic mass is 16.6. The second-order valence-electron chi connectivity index (χ2n) is 7.57. The van der Waals surface area contributed by atoms with Crippen molar-refractivity contribution in [2.45, 2.75) is 77.1 Å². The average Bonchev–Trinajstić information content (AvgIpc) is 2.73. The van der Waals surface area contributed by atoms with Gasteiger partial charge in [-0.3, -0.25) is 0 Å². The largest absolute Gasteiger partial charge is 0.458 e. The van der Waals surface area contributed by atoms with Gasteiger partial charge in [-0.05, 0) is 52.9 Å². The molecule has 1 aliphatic heterocycles. The van der Waals surface area contributed by atoms with Crippen LogP contribution in [0.5, 0.6) is 0 Å². The lowest BCUT2D eigenvalue weighted by Gasteiger charge is -2.31. The van der Waals surface area contributed by atoms with Crippen molar-refractivity contribution >= 4 is 5.97 Å². The Kier molecular flexibility index (Phi) is 6.05. The molecule has 24 heavy (non-hydrogen) atoms. The van der Waals surface area contributed by atoms with Gasteiger partial charge < -0.3 is 14.9 Å². The zero-order valence-electron chi connectivity index (χ0n) is 15.0. The fourth-order valence-corrected chi connectivity index (χ4v) is 3.47. The molecule has 1 heterocycles. The molecular formula is C20H30O4. The third-order valence-corrected chi connectivity index (χ3v) is 5.31. The van der Waals surface area contributed by atoms with Crippen LogP contribution in [0.1, 0.15) is 59.3 Å². The maximum absolute atomic E-state index is 11.9. The van der Waals surface area contributed by atoms with Crippen LogP contribution in [0.3, 0.4) is 0 Å². The molecule has 1 aliphatic carbocycles. The number of aliphatic hydroxyl groups is 2. The standard InChI is InChI=1S/C20H30O4/c1-13-7-5-8-14(2)11-17-16(15(3)19(22)24-17)12-18(21)20(4,23)10-6-9-13/h8-9,16-18,21,23H,3,5-7,10-12H2,1-2,4H3/b13-9-,14-8+/t16-,17+,18+,20-/m1/s1. The lowest BCUT2D eigenvalue weighted by atomic mass is 9.81. The highest BCUT2D eigenvalue weighted by Gasteiger charge is 2.42. The van der Waals surface area contributed by atoms with Crippen LogP contribution in [0.25, 0.3) is 0 Å². The molecule has 0 spiro atoms. The smallest absolute Gasteiger partial charge is 0.334 e. The van der Waals surface area contributed by atoms with E-state index in [4.69, 9.17) is 4.74 Å². The van der Waals surface area contributed by atoms with E-state index in [1.165, 1.54) is 11.1 Å². The molecule has 1 fully saturated rings. The summed E-state index contributed by atoms with van der Waals surface area (Å²) in [6, 6.07) is 0. The van der Waals surface area contributed by atoms with E-state index in [1.807, 2.05) is 6.92 Å². The second kappa shape index (κ2) is 7.66. The van der Waals surface area contributed by atoms with Gasteiger partial charge in [0.1, 0.15) is 6.10 Å². The first kappa shape index (κ1) is 18.9. The number of ether oxygens (including phenoxy) is 1. The van der Waals surface area contributed by atoms with Crippen molar-refractivity contribution in [3.05, 3.63) is 35.5 Å². The number of esters is 1. The van der Waals surface area contributed by atoms with E-state index in [0.29, 0.717) is 18.4 Å². The number of allylic oxidation sites excluding steroid dienone is 3. The summed E-state index contributed by atoms with van der Waals surface area (Å²) >= 11 is 0. The molecule has 4 heteroatoms. The minimum atomic E-state index is -1.19. The van der Waals surface area contributed by atoms with E-state index in [1.54, 1.807) is 6.92 Å². The Morgan fingerprint density at radius 3 is 2.62 bits per heavy atom. The number of carbonyl (C=O) groups excluding carboxylic acids is 1. The molecule has 0 aromatic carbocycles. The maximum atomic E-state index is 11.9. The molecular weight excluding hydrogens is 304 g/mol. The summed E-state index contributed by atoms with van der Waals surface area (Å²) in [4.78, 5) is 11.9. The summed E-state index contributed by atoms with van der Waals surface area (Å²) in [5, 5.41) is 21.2. The monoisotopic (exact) mass is 334 g/mol. The molecule has 0 radical (unpaired) electrons. The summed E-state index contributed by atoms with van der Waals surface area (Å²) < 4.78 is 5.46. The van der Waals surface area contributed by atoms with Crippen molar-refractivity contribution < 1.29 is 19.7 Å². The van der Waals surface area contributed by atoms with Crippen LogP contribution in [-0.2, 0) is 9.53 Å². The first-order valence-corrected chi connectivity index (χ1v) is 8.82. The number of hydrogen-bond donors (Lipinski definition) is 2. The fourth-order valence-electron chi connectivity index (χ4n) is 3.47. The van der Waals surface area contributed by atoms with Crippen LogP contribution < -0.4 is 0 Å². The zero-order valence-corrected chi connectivity index (χ0v) is 15.0. The number of rotatable bonds is 0. The van der Waals surface area contributed by atoms with E-state index >= 15 is 0 Å². The average molecular weight is 334 g/mol. The minimum Gasteiger partial charge on any atom is -0.458 e. The lowest BCUT2D eigenvalue weighted by molar-refractivity contribution is -0.139. The van der Waals surface area contributed by atoms with E-state index in [0.717, 1.165) is 19.3 Å². The number of aliphatic hydroxyl groups excluding tert-OH is 1. The van der Waals surface area contributed by atoms with Crippen molar-refractivity contribution in [2.75, 3.05) is 0 Å². The highest BCUT2D eigenvalue weighted by molar-refractivity contribution is 5.90. The van der Waals surface area contributed by atoms with Crippen LogP contribution in [0.2, 0.25) is 0 Å². The van der Waals surface area contributed by atoms with E-state index in [2.05, 4.69) is 25.7 Å². The minimum absolute atomic E-state index is 0.248. The number of carbonyl (C=O) groups is 1. The van der Waals surface area contributed by atoms with Crippen LogP contribution in [0.15, 0.2) is 35.5 Å². The van der Waals surface area contributed by atoms with Gasteiger partial charge in [0, 0.05) is 17.9 Å². The Balaban J connectivity index is 2.24. The van der Waals surface area contributed by atoms with Crippen LogP contribution >= 0.6 is 0 Å². The van der Waals surface area contributed by atoms with E-state index < -0.39 is 11.7 Å². The number of hydrogen-bond acceptors (Lipinski definition) is 4. The molecule has 0 aromatic rings. The van der Waals surface area contributed by atoms with Gasteiger partial charge in [-0.15, -0.1) is 0 Å². The molecule has 4 atom stereocenters. The van der Waals surface area contributed by atoms with Gasteiger partial charge in [-0.25, -0.2) is 4.79 Å². The van der Waals surface area contributed by atoms with Crippen molar-refractivity contribution in [1.29, 1.82) is 0 Å². The van der Waals surface area contributed by atoms with Gasteiger partial charge in [0.2, 0.25) is 0 Å². The Morgan fingerprint density at radius 1 is 1.25 bits per heavy atom. The molecule has 1 saturated heterocycles. The first-order chi connectivity index (χ1) is 11.2. The first-order valence-electron chi connectivity index (χ1n) is 8.82. The summed E-state index contributed by atoms with van der Waals surface area (Å²) in [6.07, 6.45) is 7.19. The summed E-state index contributed by atoms with van der Waals surface area (Å²) in [5.74, 6) is -0.631. The molecule has 4 nitrogen and oxygen atoms in total. The summed E-state index contributed by atoms with van der Waals surface area (Å²) in [5.41, 5.74) is 1.69. The third kappa shape index (κ3) is 4.58. The Bertz CT molecular complexity index is 556. The molecule has 0 bridgehead atoms. The van der Waals surface area contributed by atoms with Gasteiger partial charge in [-0.2, -0.15) is 0 Å². The van der Waals surface area contributed by atoms with Crippen molar-refractivity contribution in [2.24, 2.45) is 5.92 Å². The SMILES string of the molecule is C=C1C(=O)O[C@H]2C/C(C)=C/CC/C(C)=C\CC[C@@](C)(O)[C@@H](O)C[C@H]12. The van der Waals surface area contributed by atoms with Gasteiger partial charge in [0.05, 0.1) is 11.7 Å². The van der Waals surface area contributed by atoms with Crippen molar-refractivity contribution in [3.8, 4) is 0 Å². The summed E-state index contributed by atoms with van der Waals surface area (Å²) in [6.45, 7) is 9.64. The molecule has 0 saturated carbocycles. The van der Waals surface area contributed by atoms with E-state index in [9.17, 15) is 15.0 Å². The fraction of sp³-hybridized carbons (Fsp3) is 0.650. The molecule has 0 unspecified atom stereocenters. The van der Waals surface area contributed by atoms with Crippen molar-refractivity contribution in [3.63, 3.8) is 0 Å². The predicted molar refractivity (Wildman–Crippen MR) is 94.4 cm³/mol. The summed E-state index contributed by atoms with van der Waals surface area (Å²) in [7, 11) is 0. The second-order valence-corrected chi connectivity index (χ2v) is 7.57.